The van der Waals surface area contributed by atoms with Crippen molar-refractivity contribution in [3.63, 3.8) is 0 Å². The summed E-state index contributed by atoms with van der Waals surface area (Å²) in [7, 11) is 0. The fourth-order valence-corrected chi connectivity index (χ4v) is 2.90. The van der Waals surface area contributed by atoms with E-state index < -0.39 is 6.03 Å². The molecule has 3 aromatic carbocycles. The van der Waals surface area contributed by atoms with Crippen molar-refractivity contribution in [2.24, 2.45) is 0 Å². The van der Waals surface area contributed by atoms with Crippen molar-refractivity contribution in [1.82, 2.24) is 10.3 Å². The summed E-state index contributed by atoms with van der Waals surface area (Å²) < 4.78 is 10.5. The molecule has 1 aromatic heterocycles. The molecule has 1 heterocycles. The van der Waals surface area contributed by atoms with Crippen molar-refractivity contribution in [2.45, 2.75) is 0 Å². The molecule has 4 rings (SSSR count). The van der Waals surface area contributed by atoms with Gasteiger partial charge < -0.3 is 10.1 Å². The maximum absolute atomic E-state index is 12.3. The quantitative estimate of drug-likeness (QED) is 0.370. The Labute approximate surface area is 181 Å². The summed E-state index contributed by atoms with van der Waals surface area (Å²) >= 11 is 11.9. The highest BCUT2D eigenvalue weighted by Gasteiger charge is 2.15. The Kier molecular flexibility index (Phi) is 5.83. The number of benzene rings is 3. The summed E-state index contributed by atoms with van der Waals surface area (Å²) in [5, 5.41) is 13.8. The topological polar surface area (TPSA) is 89.3 Å². The Morgan fingerprint density at radius 3 is 2.30 bits per heavy atom. The number of anilines is 2. The van der Waals surface area contributed by atoms with Gasteiger partial charge in [0, 0.05) is 17.3 Å². The molecule has 0 bridgehead atoms. The standard InChI is InChI=1S/C21H14Cl2N4O3/c22-17-11-10-16(12-18(17)23)29-15-8-6-14(7-9-15)24-21(28)25-20-19(26-30-27-20)13-4-2-1-3-5-13/h1-12H,(H2,24,25,27,28). The van der Waals surface area contributed by atoms with E-state index in [4.69, 9.17) is 32.6 Å². The highest BCUT2D eigenvalue weighted by atomic mass is 35.5. The van der Waals surface area contributed by atoms with Crippen LogP contribution in [0.15, 0.2) is 77.4 Å². The number of carbonyl (C=O) groups excluding carboxylic acids is 1. The second-order valence-electron chi connectivity index (χ2n) is 6.11. The van der Waals surface area contributed by atoms with Crippen molar-refractivity contribution in [3.05, 3.63) is 82.8 Å². The Bertz CT molecular complexity index is 1160. The summed E-state index contributed by atoms with van der Waals surface area (Å²) in [4.78, 5) is 12.3. The smallest absolute Gasteiger partial charge is 0.325 e. The van der Waals surface area contributed by atoms with Crippen LogP contribution in [0.3, 0.4) is 0 Å². The second kappa shape index (κ2) is 8.86. The number of urea groups is 1. The SMILES string of the molecule is O=C(Nc1ccc(Oc2ccc(Cl)c(Cl)c2)cc1)Nc1nonc1-c1ccccc1. The zero-order valence-corrected chi connectivity index (χ0v) is 16.8. The van der Waals surface area contributed by atoms with Crippen molar-refractivity contribution < 1.29 is 14.2 Å². The number of hydrogen-bond acceptors (Lipinski definition) is 5. The van der Waals surface area contributed by atoms with Gasteiger partial charge in [-0.1, -0.05) is 53.5 Å². The number of nitrogens with zero attached hydrogens (tertiary/aromatic N) is 2. The highest BCUT2D eigenvalue weighted by Crippen LogP contribution is 2.30. The first-order valence-electron chi connectivity index (χ1n) is 8.77. The fourth-order valence-electron chi connectivity index (χ4n) is 2.61. The molecule has 150 valence electrons. The van der Waals surface area contributed by atoms with E-state index in [0.717, 1.165) is 5.56 Å². The number of aromatic nitrogens is 2. The lowest BCUT2D eigenvalue weighted by atomic mass is 10.1. The minimum absolute atomic E-state index is 0.221. The van der Waals surface area contributed by atoms with Crippen LogP contribution in [0.4, 0.5) is 16.3 Å². The third-order valence-electron chi connectivity index (χ3n) is 4.01. The third kappa shape index (κ3) is 4.71. The van der Waals surface area contributed by atoms with Gasteiger partial charge in [-0.15, -0.1) is 0 Å². The van der Waals surface area contributed by atoms with Crippen LogP contribution in [0.25, 0.3) is 11.3 Å². The lowest BCUT2D eigenvalue weighted by molar-refractivity contribution is 0.261. The lowest BCUT2D eigenvalue weighted by Gasteiger charge is -2.09. The van der Waals surface area contributed by atoms with Crippen LogP contribution in [-0.4, -0.2) is 16.3 Å². The lowest BCUT2D eigenvalue weighted by Crippen LogP contribution is -2.20. The van der Waals surface area contributed by atoms with Crippen molar-refractivity contribution in [3.8, 4) is 22.8 Å². The maximum Gasteiger partial charge on any atom is 0.325 e. The van der Waals surface area contributed by atoms with Gasteiger partial charge in [0.15, 0.2) is 5.69 Å². The van der Waals surface area contributed by atoms with Gasteiger partial charge in [-0.05, 0) is 46.7 Å². The first kappa shape index (κ1) is 19.8. The van der Waals surface area contributed by atoms with E-state index in [2.05, 4.69) is 20.9 Å². The zero-order chi connectivity index (χ0) is 20.9. The molecule has 0 unspecified atom stereocenters. The molecule has 2 N–H and O–H groups in total. The fraction of sp³-hybridized carbons (Fsp3) is 0. The molecule has 30 heavy (non-hydrogen) atoms. The first-order valence-corrected chi connectivity index (χ1v) is 9.53. The molecule has 0 atom stereocenters. The predicted octanol–water partition coefficient (Wildman–Crippen LogP) is 6.48. The van der Waals surface area contributed by atoms with Gasteiger partial charge in [0.2, 0.25) is 5.82 Å². The van der Waals surface area contributed by atoms with E-state index >= 15 is 0 Å². The molecular formula is C21H14Cl2N4O3. The summed E-state index contributed by atoms with van der Waals surface area (Å²) in [6.45, 7) is 0. The summed E-state index contributed by atoms with van der Waals surface area (Å²) in [6, 6.07) is 20.6. The minimum atomic E-state index is -0.485. The van der Waals surface area contributed by atoms with Gasteiger partial charge in [0.05, 0.1) is 10.0 Å². The van der Waals surface area contributed by atoms with E-state index in [9.17, 15) is 4.79 Å². The van der Waals surface area contributed by atoms with Gasteiger partial charge in [0.1, 0.15) is 11.5 Å². The summed E-state index contributed by atoms with van der Waals surface area (Å²) in [5.74, 6) is 1.35. The normalized spacial score (nSPS) is 10.5. The van der Waals surface area contributed by atoms with Crippen LogP contribution < -0.4 is 15.4 Å². The zero-order valence-electron chi connectivity index (χ0n) is 15.3. The number of halogens is 2. The minimum Gasteiger partial charge on any atom is -0.457 e. The molecule has 4 aromatic rings. The van der Waals surface area contributed by atoms with Crippen molar-refractivity contribution in [2.75, 3.05) is 10.6 Å². The van der Waals surface area contributed by atoms with Crippen LogP contribution in [0.2, 0.25) is 10.0 Å². The van der Waals surface area contributed by atoms with Crippen LogP contribution in [0.1, 0.15) is 0 Å². The number of nitrogens with one attached hydrogen (secondary N) is 2. The van der Waals surface area contributed by atoms with Crippen molar-refractivity contribution in [1.29, 1.82) is 0 Å². The van der Waals surface area contributed by atoms with Gasteiger partial charge in [-0.25, -0.2) is 9.42 Å². The highest BCUT2D eigenvalue weighted by molar-refractivity contribution is 6.42. The number of hydrogen-bond donors (Lipinski definition) is 2. The molecule has 9 heteroatoms. The molecule has 0 radical (unpaired) electrons. The van der Waals surface area contributed by atoms with E-state index in [-0.39, 0.29) is 5.82 Å². The predicted molar refractivity (Wildman–Crippen MR) is 115 cm³/mol. The van der Waals surface area contributed by atoms with Gasteiger partial charge >= 0.3 is 6.03 Å². The maximum atomic E-state index is 12.3. The average molecular weight is 441 g/mol. The van der Waals surface area contributed by atoms with Gasteiger partial charge in [-0.2, -0.15) is 0 Å². The average Bonchev–Trinajstić information content (AvgIpc) is 3.21. The summed E-state index contributed by atoms with van der Waals surface area (Å²) in [5.41, 5.74) is 1.78. The molecule has 2 amide bonds. The molecule has 0 spiro atoms. The van der Waals surface area contributed by atoms with Gasteiger partial charge in [0.25, 0.3) is 0 Å². The van der Waals surface area contributed by atoms with E-state index in [1.54, 1.807) is 42.5 Å². The van der Waals surface area contributed by atoms with E-state index in [1.807, 2.05) is 30.3 Å². The third-order valence-corrected chi connectivity index (χ3v) is 4.75. The molecule has 0 fully saturated rings. The van der Waals surface area contributed by atoms with Crippen LogP contribution in [0.5, 0.6) is 11.5 Å². The Balaban J connectivity index is 1.39. The Morgan fingerprint density at radius 1 is 0.833 bits per heavy atom. The second-order valence-corrected chi connectivity index (χ2v) is 6.92. The van der Waals surface area contributed by atoms with E-state index in [0.29, 0.717) is 32.9 Å². The van der Waals surface area contributed by atoms with Crippen LogP contribution in [-0.2, 0) is 0 Å². The molecule has 0 aliphatic rings. The molecule has 0 aliphatic heterocycles. The number of carbonyl (C=O) groups is 1. The monoisotopic (exact) mass is 440 g/mol. The molecule has 0 saturated heterocycles. The Hall–Kier alpha value is -3.55. The van der Waals surface area contributed by atoms with E-state index in [1.165, 1.54) is 0 Å². The largest absolute Gasteiger partial charge is 0.457 e. The Morgan fingerprint density at radius 2 is 1.57 bits per heavy atom. The van der Waals surface area contributed by atoms with Crippen LogP contribution in [0, 0.1) is 0 Å². The first-order chi connectivity index (χ1) is 14.6. The summed E-state index contributed by atoms with van der Waals surface area (Å²) in [6.07, 6.45) is 0. The van der Waals surface area contributed by atoms with Crippen molar-refractivity contribution >= 4 is 40.7 Å². The van der Waals surface area contributed by atoms with Gasteiger partial charge in [-0.3, -0.25) is 5.32 Å². The number of amides is 2. The molecule has 0 aliphatic carbocycles. The number of ether oxygens (including phenoxy) is 1. The molecule has 7 nitrogen and oxygen atoms in total. The number of rotatable bonds is 5. The molecule has 0 saturated carbocycles. The molecular weight excluding hydrogens is 427 g/mol. The van der Waals surface area contributed by atoms with Crippen LogP contribution >= 0.6 is 23.2 Å².